The van der Waals surface area contributed by atoms with Crippen molar-refractivity contribution in [3.05, 3.63) is 42.5 Å². The molecule has 2 nitrogen and oxygen atoms in total. The molecule has 0 saturated heterocycles. The van der Waals surface area contributed by atoms with E-state index in [1.165, 1.54) is 12.3 Å². The topological polar surface area (TPSA) is 26.3 Å². The lowest BCUT2D eigenvalue weighted by Gasteiger charge is -2.11. The van der Waals surface area contributed by atoms with Crippen molar-refractivity contribution in [3.8, 4) is 5.75 Å². The normalized spacial score (nSPS) is 12.4. The molecule has 0 radical (unpaired) electrons. The van der Waals surface area contributed by atoms with E-state index in [2.05, 4.69) is 0 Å². The lowest BCUT2D eigenvalue weighted by Crippen LogP contribution is -2.20. The minimum Gasteiger partial charge on any atom is -0.483 e. The van der Waals surface area contributed by atoms with Crippen LogP contribution in [0.4, 0.5) is 0 Å². The van der Waals surface area contributed by atoms with Crippen LogP contribution < -0.4 is 4.74 Å². The number of benzene rings is 2. The fourth-order valence-corrected chi connectivity index (χ4v) is 1.53. The molecule has 2 aromatic rings. The van der Waals surface area contributed by atoms with E-state index >= 15 is 0 Å². The van der Waals surface area contributed by atoms with E-state index in [9.17, 15) is 4.79 Å². The second-order valence-corrected chi connectivity index (χ2v) is 3.88. The van der Waals surface area contributed by atoms with Crippen LogP contribution in [0.3, 0.4) is 0 Å². The Morgan fingerprint density at radius 2 is 1.81 bits per heavy atom. The van der Waals surface area contributed by atoms with Crippen molar-refractivity contribution in [1.82, 2.24) is 0 Å². The van der Waals surface area contributed by atoms with Gasteiger partial charge in [0, 0.05) is 0 Å². The molecular formula is C14H14O2. The van der Waals surface area contributed by atoms with Gasteiger partial charge in [-0.1, -0.05) is 30.3 Å². The molecule has 2 rings (SSSR count). The monoisotopic (exact) mass is 214 g/mol. The zero-order valence-electron chi connectivity index (χ0n) is 9.44. The van der Waals surface area contributed by atoms with Gasteiger partial charge < -0.3 is 4.74 Å². The molecule has 0 N–H and O–H groups in total. The van der Waals surface area contributed by atoms with Crippen LogP contribution in [0.15, 0.2) is 42.5 Å². The molecule has 0 saturated carbocycles. The molecule has 0 aliphatic carbocycles. The Kier molecular flexibility index (Phi) is 2.91. The van der Waals surface area contributed by atoms with Crippen molar-refractivity contribution in [1.29, 1.82) is 0 Å². The Labute approximate surface area is 94.8 Å². The molecule has 0 aromatic heterocycles. The maximum atomic E-state index is 11.1. The Morgan fingerprint density at radius 1 is 1.12 bits per heavy atom. The summed E-state index contributed by atoms with van der Waals surface area (Å²) >= 11 is 0. The molecule has 0 fully saturated rings. The van der Waals surface area contributed by atoms with Gasteiger partial charge in [-0.2, -0.15) is 0 Å². The molecule has 2 heteroatoms. The summed E-state index contributed by atoms with van der Waals surface area (Å²) in [5, 5.41) is 2.29. The van der Waals surface area contributed by atoms with Gasteiger partial charge in [0.05, 0.1) is 0 Å². The Hall–Kier alpha value is -1.83. The van der Waals surface area contributed by atoms with Crippen molar-refractivity contribution < 1.29 is 9.53 Å². The highest BCUT2D eigenvalue weighted by Gasteiger charge is 2.08. The zero-order valence-corrected chi connectivity index (χ0v) is 9.44. The first-order valence-electron chi connectivity index (χ1n) is 5.33. The van der Waals surface area contributed by atoms with Crippen molar-refractivity contribution >= 4 is 16.6 Å². The lowest BCUT2D eigenvalue weighted by atomic mass is 10.1. The van der Waals surface area contributed by atoms with Gasteiger partial charge in [0.1, 0.15) is 5.75 Å². The van der Waals surface area contributed by atoms with Crippen LogP contribution in [0.5, 0.6) is 5.75 Å². The van der Waals surface area contributed by atoms with Crippen LogP contribution in [0, 0.1) is 0 Å². The average molecular weight is 214 g/mol. The number of rotatable bonds is 3. The smallest absolute Gasteiger partial charge is 0.169 e. The third kappa shape index (κ3) is 2.22. The first-order chi connectivity index (χ1) is 7.66. The van der Waals surface area contributed by atoms with E-state index in [0.717, 1.165) is 11.1 Å². The van der Waals surface area contributed by atoms with Gasteiger partial charge in [-0.15, -0.1) is 0 Å². The van der Waals surface area contributed by atoms with Gasteiger partial charge in [0.2, 0.25) is 0 Å². The third-order valence-electron chi connectivity index (χ3n) is 2.61. The summed E-state index contributed by atoms with van der Waals surface area (Å²) < 4.78 is 5.53. The SMILES string of the molecule is CC(=O)C(C)Oc1ccc2ccccc2c1. The number of Topliss-reactive ketones (excluding diaryl/α,β-unsaturated/α-hetero) is 1. The first-order valence-corrected chi connectivity index (χ1v) is 5.33. The number of hydrogen-bond acceptors (Lipinski definition) is 2. The maximum absolute atomic E-state index is 11.1. The van der Waals surface area contributed by atoms with Crippen molar-refractivity contribution in [2.24, 2.45) is 0 Å². The predicted octanol–water partition coefficient (Wildman–Crippen LogP) is 3.20. The van der Waals surface area contributed by atoms with Crippen molar-refractivity contribution in [3.63, 3.8) is 0 Å². The van der Waals surface area contributed by atoms with E-state index < -0.39 is 0 Å². The molecule has 0 aliphatic rings. The van der Waals surface area contributed by atoms with Gasteiger partial charge in [-0.25, -0.2) is 0 Å². The third-order valence-corrected chi connectivity index (χ3v) is 2.61. The van der Waals surface area contributed by atoms with E-state index in [1.807, 2.05) is 42.5 Å². The summed E-state index contributed by atoms with van der Waals surface area (Å²) in [5.74, 6) is 0.773. The van der Waals surface area contributed by atoms with Crippen molar-refractivity contribution in [2.45, 2.75) is 20.0 Å². The van der Waals surface area contributed by atoms with E-state index in [-0.39, 0.29) is 11.9 Å². The van der Waals surface area contributed by atoms with Crippen LogP contribution >= 0.6 is 0 Å². The maximum Gasteiger partial charge on any atom is 0.169 e. The van der Waals surface area contributed by atoms with E-state index in [1.54, 1.807) is 6.92 Å². The summed E-state index contributed by atoms with van der Waals surface area (Å²) in [6.07, 6.45) is -0.388. The second-order valence-electron chi connectivity index (χ2n) is 3.88. The molecule has 0 spiro atoms. The summed E-state index contributed by atoms with van der Waals surface area (Å²) in [7, 11) is 0. The molecule has 82 valence electrons. The number of carbonyl (C=O) groups is 1. The molecule has 16 heavy (non-hydrogen) atoms. The number of carbonyl (C=O) groups excluding carboxylic acids is 1. The predicted molar refractivity (Wildman–Crippen MR) is 64.7 cm³/mol. The zero-order chi connectivity index (χ0) is 11.5. The molecule has 0 aliphatic heterocycles. The molecule has 1 unspecified atom stereocenters. The van der Waals surface area contributed by atoms with Crippen LogP contribution in [-0.2, 0) is 4.79 Å². The largest absolute Gasteiger partial charge is 0.483 e. The van der Waals surface area contributed by atoms with Crippen LogP contribution in [0.1, 0.15) is 13.8 Å². The highest BCUT2D eigenvalue weighted by atomic mass is 16.5. The summed E-state index contributed by atoms with van der Waals surface area (Å²) in [5.41, 5.74) is 0. The fraction of sp³-hybridized carbons (Fsp3) is 0.214. The average Bonchev–Trinajstić information content (AvgIpc) is 2.28. The minimum absolute atomic E-state index is 0.0353. The van der Waals surface area contributed by atoms with Gasteiger partial charge in [0.25, 0.3) is 0 Å². The summed E-state index contributed by atoms with van der Waals surface area (Å²) in [6.45, 7) is 3.29. The number of ketones is 1. The Balaban J connectivity index is 2.29. The molecule has 1 atom stereocenters. The number of fused-ring (bicyclic) bond motifs is 1. The first kappa shape index (κ1) is 10.7. The van der Waals surface area contributed by atoms with E-state index in [0.29, 0.717) is 0 Å². The van der Waals surface area contributed by atoms with Gasteiger partial charge >= 0.3 is 0 Å². The van der Waals surface area contributed by atoms with Gasteiger partial charge in [-0.05, 0) is 36.8 Å². The number of hydrogen-bond donors (Lipinski definition) is 0. The lowest BCUT2D eigenvalue weighted by molar-refractivity contribution is -0.122. The fourth-order valence-electron chi connectivity index (χ4n) is 1.53. The van der Waals surface area contributed by atoms with Crippen LogP contribution in [-0.4, -0.2) is 11.9 Å². The molecular weight excluding hydrogens is 200 g/mol. The minimum atomic E-state index is -0.388. The van der Waals surface area contributed by atoms with E-state index in [4.69, 9.17) is 4.74 Å². The van der Waals surface area contributed by atoms with Crippen molar-refractivity contribution in [2.75, 3.05) is 0 Å². The Morgan fingerprint density at radius 3 is 2.50 bits per heavy atom. The second kappa shape index (κ2) is 4.35. The van der Waals surface area contributed by atoms with Crippen LogP contribution in [0.25, 0.3) is 10.8 Å². The summed E-state index contributed by atoms with van der Waals surface area (Å²) in [6, 6.07) is 13.9. The molecule has 2 aromatic carbocycles. The quantitative estimate of drug-likeness (QED) is 0.784. The highest BCUT2D eigenvalue weighted by Crippen LogP contribution is 2.21. The standard InChI is InChI=1S/C14H14O2/c1-10(15)11(2)16-14-8-7-12-5-3-4-6-13(12)9-14/h3-9,11H,1-2H3. The molecule has 0 amide bonds. The van der Waals surface area contributed by atoms with Crippen LogP contribution in [0.2, 0.25) is 0 Å². The number of ether oxygens (including phenoxy) is 1. The molecule has 0 bridgehead atoms. The highest BCUT2D eigenvalue weighted by molar-refractivity contribution is 5.84. The van der Waals surface area contributed by atoms with Gasteiger partial charge in [0.15, 0.2) is 11.9 Å². The molecule has 0 heterocycles. The Bertz CT molecular complexity index is 517. The summed E-state index contributed by atoms with van der Waals surface area (Å²) in [4.78, 5) is 11.1. The van der Waals surface area contributed by atoms with Gasteiger partial charge in [-0.3, -0.25) is 4.79 Å².